The molecule has 0 bridgehead atoms. The zero-order valence-electron chi connectivity index (χ0n) is 14.5. The number of hydroxylamine groups is 1. The number of hydrogen-bond acceptors (Lipinski definition) is 3. The Morgan fingerprint density at radius 1 is 0.862 bits per heavy atom. The Kier molecular flexibility index (Phi) is 6.52. The van der Waals surface area contributed by atoms with Crippen LogP contribution in [0.1, 0.15) is 33.5 Å². The molecule has 29 heavy (non-hydrogen) atoms. The molecule has 2 rings (SSSR count). The molecule has 5 nitrogen and oxygen atoms in total. The molecule has 2 amide bonds. The summed E-state index contributed by atoms with van der Waals surface area (Å²) in [4.78, 5) is 23.1. The first kappa shape index (κ1) is 22.2. The summed E-state index contributed by atoms with van der Waals surface area (Å²) in [6.45, 7) is 0. The van der Waals surface area contributed by atoms with Gasteiger partial charge in [0.25, 0.3) is 5.91 Å². The number of carbonyl (C=O) groups is 2. The van der Waals surface area contributed by atoms with Gasteiger partial charge in [-0.15, -0.1) is 0 Å². The van der Waals surface area contributed by atoms with Crippen LogP contribution in [-0.4, -0.2) is 17.0 Å². The summed E-state index contributed by atoms with van der Waals surface area (Å²) in [6, 6.07) is 6.44. The van der Waals surface area contributed by atoms with Crippen molar-refractivity contribution in [3.63, 3.8) is 0 Å². The number of nitrogens with one attached hydrogen (secondary N) is 2. The first-order valence-electron chi connectivity index (χ1n) is 8.03. The number of amides is 2. The van der Waals surface area contributed by atoms with E-state index in [-0.39, 0.29) is 35.7 Å². The monoisotopic (exact) mass is 420 g/mol. The second-order valence-corrected chi connectivity index (χ2v) is 5.98. The molecule has 0 spiro atoms. The number of hydrogen-bond donors (Lipinski definition) is 3. The third kappa shape index (κ3) is 6.21. The maximum absolute atomic E-state index is 12.8. The SMILES string of the molecule is O=C(CCc1cc(C(F)(F)F)cc(C(F)(F)F)c1)Nc1ccc(C(=O)NO)cc1. The molecular formula is C18H14F6N2O3. The number of benzene rings is 2. The van der Waals surface area contributed by atoms with Crippen molar-refractivity contribution in [3.05, 3.63) is 64.7 Å². The molecule has 0 aliphatic rings. The van der Waals surface area contributed by atoms with Crippen molar-refractivity contribution >= 4 is 17.5 Å². The van der Waals surface area contributed by atoms with Crippen LogP contribution in [-0.2, 0) is 23.6 Å². The highest BCUT2D eigenvalue weighted by atomic mass is 19.4. The topological polar surface area (TPSA) is 78.4 Å². The van der Waals surface area contributed by atoms with Gasteiger partial charge in [-0.3, -0.25) is 14.8 Å². The molecule has 0 atom stereocenters. The van der Waals surface area contributed by atoms with Crippen LogP contribution < -0.4 is 10.8 Å². The molecule has 156 valence electrons. The molecule has 2 aromatic rings. The van der Waals surface area contributed by atoms with Crippen LogP contribution in [0.15, 0.2) is 42.5 Å². The first-order chi connectivity index (χ1) is 13.4. The molecule has 0 fully saturated rings. The van der Waals surface area contributed by atoms with Crippen LogP contribution >= 0.6 is 0 Å². The highest BCUT2D eigenvalue weighted by molar-refractivity contribution is 5.95. The standard InChI is InChI=1S/C18H14F6N2O3/c19-17(20,21)12-7-10(8-13(9-12)18(22,23)24)1-6-15(27)25-14-4-2-11(3-5-14)16(28)26-29/h2-5,7-9,29H,1,6H2,(H,25,27)(H,26,28). The van der Waals surface area contributed by atoms with E-state index in [0.717, 1.165) is 0 Å². The molecule has 0 heterocycles. The van der Waals surface area contributed by atoms with Crippen LogP contribution in [0.3, 0.4) is 0 Å². The summed E-state index contributed by atoms with van der Waals surface area (Å²) in [5.41, 5.74) is -1.38. The summed E-state index contributed by atoms with van der Waals surface area (Å²) >= 11 is 0. The van der Waals surface area contributed by atoms with Crippen molar-refractivity contribution in [2.24, 2.45) is 0 Å². The molecule has 0 aliphatic carbocycles. The molecular weight excluding hydrogens is 406 g/mol. The first-order valence-corrected chi connectivity index (χ1v) is 8.03. The van der Waals surface area contributed by atoms with Crippen molar-refractivity contribution < 1.29 is 41.1 Å². The van der Waals surface area contributed by atoms with E-state index in [9.17, 15) is 35.9 Å². The number of rotatable bonds is 5. The highest BCUT2D eigenvalue weighted by Crippen LogP contribution is 2.36. The van der Waals surface area contributed by atoms with Gasteiger partial charge in [0.05, 0.1) is 11.1 Å². The summed E-state index contributed by atoms with van der Waals surface area (Å²) in [5, 5.41) is 10.9. The van der Waals surface area contributed by atoms with Gasteiger partial charge in [-0.25, -0.2) is 5.48 Å². The Hall–Kier alpha value is -3.08. The predicted molar refractivity (Wildman–Crippen MR) is 89.1 cm³/mol. The fourth-order valence-electron chi connectivity index (χ4n) is 2.41. The molecule has 0 saturated carbocycles. The maximum Gasteiger partial charge on any atom is 0.416 e. The van der Waals surface area contributed by atoms with Gasteiger partial charge in [-0.05, 0) is 54.4 Å². The third-order valence-electron chi connectivity index (χ3n) is 3.82. The summed E-state index contributed by atoms with van der Waals surface area (Å²) in [5.74, 6) is -1.41. The number of carbonyl (C=O) groups excluding carboxylic acids is 2. The molecule has 2 aromatic carbocycles. The van der Waals surface area contributed by atoms with Gasteiger partial charge in [-0.1, -0.05) is 0 Å². The summed E-state index contributed by atoms with van der Waals surface area (Å²) in [6.07, 6.45) is -10.6. The van der Waals surface area contributed by atoms with E-state index in [1.165, 1.54) is 29.7 Å². The van der Waals surface area contributed by atoms with Gasteiger partial charge in [0.15, 0.2) is 0 Å². The Labute approximate surface area is 160 Å². The van der Waals surface area contributed by atoms with Gasteiger partial charge in [0.2, 0.25) is 5.91 Å². The largest absolute Gasteiger partial charge is 0.416 e. The van der Waals surface area contributed by atoms with Crippen molar-refractivity contribution in [3.8, 4) is 0 Å². The smallest absolute Gasteiger partial charge is 0.326 e. The van der Waals surface area contributed by atoms with Crippen LogP contribution in [0, 0.1) is 0 Å². The van der Waals surface area contributed by atoms with Gasteiger partial charge in [0, 0.05) is 17.7 Å². The van der Waals surface area contributed by atoms with Gasteiger partial charge in [0.1, 0.15) is 0 Å². The molecule has 0 aromatic heterocycles. The fraction of sp³-hybridized carbons (Fsp3) is 0.222. The lowest BCUT2D eigenvalue weighted by Gasteiger charge is -2.14. The second kappa shape index (κ2) is 8.52. The van der Waals surface area contributed by atoms with E-state index < -0.39 is 35.3 Å². The van der Waals surface area contributed by atoms with Crippen molar-refractivity contribution in [1.82, 2.24) is 5.48 Å². The van der Waals surface area contributed by atoms with Crippen LogP contribution in [0.4, 0.5) is 32.0 Å². The molecule has 3 N–H and O–H groups in total. The van der Waals surface area contributed by atoms with Crippen molar-refractivity contribution in [2.45, 2.75) is 25.2 Å². The van der Waals surface area contributed by atoms with E-state index in [2.05, 4.69) is 5.32 Å². The molecule has 11 heteroatoms. The quantitative estimate of drug-likeness (QED) is 0.381. The molecule has 0 radical (unpaired) electrons. The van der Waals surface area contributed by atoms with E-state index in [4.69, 9.17) is 5.21 Å². The Balaban J connectivity index is 2.08. The maximum atomic E-state index is 12.8. The zero-order valence-corrected chi connectivity index (χ0v) is 14.5. The average Bonchev–Trinajstić information content (AvgIpc) is 2.64. The molecule has 0 saturated heterocycles. The van der Waals surface area contributed by atoms with E-state index >= 15 is 0 Å². The van der Waals surface area contributed by atoms with Crippen LogP contribution in [0.2, 0.25) is 0 Å². The number of alkyl halides is 6. The minimum Gasteiger partial charge on any atom is -0.326 e. The lowest BCUT2D eigenvalue weighted by Crippen LogP contribution is -2.18. The van der Waals surface area contributed by atoms with Crippen molar-refractivity contribution in [1.29, 1.82) is 0 Å². The third-order valence-corrected chi connectivity index (χ3v) is 3.82. The lowest BCUT2D eigenvalue weighted by molar-refractivity contribution is -0.143. The predicted octanol–water partition coefficient (Wildman–Crippen LogP) is 4.41. The average molecular weight is 420 g/mol. The van der Waals surface area contributed by atoms with Gasteiger partial charge < -0.3 is 5.32 Å². The van der Waals surface area contributed by atoms with E-state index in [1.807, 2.05) is 0 Å². The van der Waals surface area contributed by atoms with Crippen LogP contribution in [0.25, 0.3) is 0 Å². The minimum atomic E-state index is -4.96. The number of halogens is 6. The molecule has 0 aliphatic heterocycles. The van der Waals surface area contributed by atoms with E-state index in [0.29, 0.717) is 12.1 Å². The highest BCUT2D eigenvalue weighted by Gasteiger charge is 2.36. The molecule has 0 unspecified atom stereocenters. The van der Waals surface area contributed by atoms with Gasteiger partial charge >= 0.3 is 12.4 Å². The number of anilines is 1. The normalized spacial score (nSPS) is 11.8. The summed E-state index contributed by atoms with van der Waals surface area (Å²) < 4.78 is 77.1. The zero-order chi connectivity index (χ0) is 21.8. The lowest BCUT2D eigenvalue weighted by atomic mass is 10.0. The Morgan fingerprint density at radius 2 is 1.38 bits per heavy atom. The second-order valence-electron chi connectivity index (χ2n) is 5.98. The van der Waals surface area contributed by atoms with Crippen molar-refractivity contribution in [2.75, 3.05) is 5.32 Å². The summed E-state index contributed by atoms with van der Waals surface area (Å²) in [7, 11) is 0. The Morgan fingerprint density at radius 3 is 1.83 bits per heavy atom. The Bertz CT molecular complexity index is 860. The minimum absolute atomic E-state index is 0.0215. The number of aryl methyl sites for hydroxylation is 1. The van der Waals surface area contributed by atoms with E-state index in [1.54, 1.807) is 0 Å². The van der Waals surface area contributed by atoms with Crippen LogP contribution in [0.5, 0.6) is 0 Å². The van der Waals surface area contributed by atoms with Gasteiger partial charge in [-0.2, -0.15) is 26.3 Å². The fourth-order valence-corrected chi connectivity index (χ4v) is 2.41.